The lowest BCUT2D eigenvalue weighted by Crippen LogP contribution is -2.49. The third-order valence-electron chi connectivity index (χ3n) is 3.87. The molecule has 0 bridgehead atoms. The number of hydrogen-bond acceptors (Lipinski definition) is 4. The zero-order valence-corrected chi connectivity index (χ0v) is 12.3. The molecule has 1 unspecified atom stereocenters. The Labute approximate surface area is 125 Å². The highest BCUT2D eigenvalue weighted by atomic mass is 32.1. The third-order valence-corrected chi connectivity index (χ3v) is 4.86. The van der Waals surface area contributed by atoms with Crippen molar-refractivity contribution in [2.75, 3.05) is 13.1 Å². The second-order valence-electron chi connectivity index (χ2n) is 5.30. The van der Waals surface area contributed by atoms with Gasteiger partial charge in [-0.3, -0.25) is 14.9 Å². The molecule has 21 heavy (non-hydrogen) atoms. The third kappa shape index (κ3) is 2.44. The smallest absolute Gasteiger partial charge is 0.322 e. The van der Waals surface area contributed by atoms with Crippen LogP contribution in [0.15, 0.2) is 17.5 Å². The number of thiophene rings is 1. The Bertz CT molecular complexity index is 652. The van der Waals surface area contributed by atoms with Crippen molar-refractivity contribution in [1.82, 2.24) is 15.5 Å². The van der Waals surface area contributed by atoms with Crippen molar-refractivity contribution in [3.63, 3.8) is 0 Å². The average molecular weight is 305 g/mol. The molecule has 4 amide bonds. The Morgan fingerprint density at radius 2 is 2.29 bits per heavy atom. The summed E-state index contributed by atoms with van der Waals surface area (Å²) in [6, 6.07) is 1.51. The van der Waals surface area contributed by atoms with E-state index in [2.05, 4.69) is 10.6 Å². The minimum Gasteiger partial charge on any atom is -0.336 e. The van der Waals surface area contributed by atoms with E-state index in [1.54, 1.807) is 22.3 Å². The largest absolute Gasteiger partial charge is 0.336 e. The second-order valence-corrected chi connectivity index (χ2v) is 6.25. The van der Waals surface area contributed by atoms with Crippen LogP contribution in [0.3, 0.4) is 0 Å². The zero-order chi connectivity index (χ0) is 15.0. The fourth-order valence-corrected chi connectivity index (χ4v) is 3.44. The Hall–Kier alpha value is -2.15. The van der Waals surface area contributed by atoms with Crippen LogP contribution in [0.4, 0.5) is 4.79 Å². The molecule has 7 heteroatoms. The number of likely N-dealkylation sites (tertiary alicyclic amines) is 1. The lowest BCUT2D eigenvalue weighted by molar-refractivity contribution is -0.126. The van der Waals surface area contributed by atoms with Crippen molar-refractivity contribution >= 4 is 35.3 Å². The minimum absolute atomic E-state index is 0.145. The maximum Gasteiger partial charge on any atom is 0.322 e. The fourth-order valence-electron chi connectivity index (χ4n) is 2.62. The van der Waals surface area contributed by atoms with E-state index in [1.165, 1.54) is 6.08 Å². The number of amides is 4. The van der Waals surface area contributed by atoms with Crippen LogP contribution in [-0.4, -0.2) is 41.4 Å². The molecule has 1 atom stereocenters. The quantitative estimate of drug-likeness (QED) is 0.629. The van der Waals surface area contributed by atoms with Gasteiger partial charge in [-0.25, -0.2) is 4.79 Å². The van der Waals surface area contributed by atoms with Gasteiger partial charge < -0.3 is 10.2 Å². The van der Waals surface area contributed by atoms with E-state index in [4.69, 9.17) is 0 Å². The van der Waals surface area contributed by atoms with Gasteiger partial charge in [0.2, 0.25) is 5.91 Å². The monoisotopic (exact) mass is 305 g/mol. The molecule has 2 aliphatic rings. The van der Waals surface area contributed by atoms with Gasteiger partial charge >= 0.3 is 6.03 Å². The predicted octanol–water partition coefficient (Wildman–Crippen LogP) is 0.880. The molecule has 3 rings (SSSR count). The molecule has 2 fully saturated rings. The van der Waals surface area contributed by atoms with Gasteiger partial charge in [-0.05, 0) is 36.4 Å². The van der Waals surface area contributed by atoms with E-state index < -0.39 is 11.6 Å². The molecule has 0 aliphatic carbocycles. The number of nitrogens with zero attached hydrogens (tertiary/aromatic N) is 1. The summed E-state index contributed by atoms with van der Waals surface area (Å²) in [5.74, 6) is -0.491. The normalized spacial score (nSPS) is 24.9. The molecule has 1 aromatic heterocycles. The van der Waals surface area contributed by atoms with Gasteiger partial charge in [-0.2, -0.15) is 0 Å². The molecule has 2 N–H and O–H groups in total. The van der Waals surface area contributed by atoms with Crippen molar-refractivity contribution in [3.05, 3.63) is 28.0 Å². The summed E-state index contributed by atoms with van der Waals surface area (Å²) in [5, 5.41) is 6.83. The number of carbonyl (C=O) groups is 3. The van der Waals surface area contributed by atoms with E-state index in [-0.39, 0.29) is 18.4 Å². The maximum atomic E-state index is 12.2. The Morgan fingerprint density at radius 1 is 1.48 bits per heavy atom. The number of urea groups is 1. The first-order chi connectivity index (χ1) is 10.00. The summed E-state index contributed by atoms with van der Waals surface area (Å²) in [6.45, 7) is 2.67. The van der Waals surface area contributed by atoms with Gasteiger partial charge in [-0.1, -0.05) is 0 Å². The molecule has 0 aromatic carbocycles. The fraction of sp³-hybridized carbons (Fsp3) is 0.357. The van der Waals surface area contributed by atoms with E-state index in [0.717, 1.165) is 10.4 Å². The zero-order valence-electron chi connectivity index (χ0n) is 11.5. The maximum absolute atomic E-state index is 12.2. The summed E-state index contributed by atoms with van der Waals surface area (Å²) in [5.41, 5.74) is 0.184. The Morgan fingerprint density at radius 3 is 2.90 bits per heavy atom. The van der Waals surface area contributed by atoms with Crippen molar-refractivity contribution in [3.8, 4) is 0 Å². The van der Waals surface area contributed by atoms with Crippen LogP contribution >= 0.6 is 11.3 Å². The Balaban J connectivity index is 1.68. The van der Waals surface area contributed by atoms with E-state index >= 15 is 0 Å². The number of hydrogen-bond donors (Lipinski definition) is 2. The van der Waals surface area contributed by atoms with Crippen LogP contribution in [0.2, 0.25) is 0 Å². The highest BCUT2D eigenvalue weighted by Gasteiger charge is 2.51. The summed E-state index contributed by atoms with van der Waals surface area (Å²) < 4.78 is 0. The van der Waals surface area contributed by atoms with Crippen LogP contribution < -0.4 is 10.6 Å². The van der Waals surface area contributed by atoms with Gasteiger partial charge in [0.25, 0.3) is 5.91 Å². The molecule has 1 spiro atoms. The lowest BCUT2D eigenvalue weighted by atomic mass is 10.00. The van der Waals surface area contributed by atoms with E-state index in [0.29, 0.717) is 13.0 Å². The molecule has 0 radical (unpaired) electrons. The first-order valence-electron chi connectivity index (χ1n) is 6.65. The molecular formula is C14H15N3O3S. The predicted molar refractivity (Wildman–Crippen MR) is 78.7 cm³/mol. The van der Waals surface area contributed by atoms with Gasteiger partial charge in [-0.15, -0.1) is 11.3 Å². The first kappa shape index (κ1) is 13.8. The van der Waals surface area contributed by atoms with Crippen LogP contribution in [0.1, 0.15) is 16.9 Å². The van der Waals surface area contributed by atoms with Crippen molar-refractivity contribution in [1.29, 1.82) is 0 Å². The first-order valence-corrected chi connectivity index (χ1v) is 7.53. The second kappa shape index (κ2) is 5.00. The number of imide groups is 1. The van der Waals surface area contributed by atoms with Gasteiger partial charge in [0.15, 0.2) is 0 Å². The SMILES string of the molecule is Cc1ccsc1/C=C/C(=O)N1CCC2(C1)NC(=O)NC2=O. The highest BCUT2D eigenvalue weighted by Crippen LogP contribution is 2.25. The van der Waals surface area contributed by atoms with Crippen LogP contribution in [0.5, 0.6) is 0 Å². The van der Waals surface area contributed by atoms with E-state index in [9.17, 15) is 14.4 Å². The number of carbonyl (C=O) groups excluding carboxylic acids is 3. The van der Waals surface area contributed by atoms with Crippen molar-refractivity contribution < 1.29 is 14.4 Å². The molecule has 110 valence electrons. The molecule has 2 aliphatic heterocycles. The molecule has 0 saturated carbocycles. The number of aryl methyl sites for hydroxylation is 1. The lowest BCUT2D eigenvalue weighted by Gasteiger charge is -2.20. The van der Waals surface area contributed by atoms with Crippen molar-refractivity contribution in [2.45, 2.75) is 18.9 Å². The summed E-state index contributed by atoms with van der Waals surface area (Å²) in [6.07, 6.45) is 3.76. The average Bonchev–Trinajstić information content (AvgIpc) is 3.10. The summed E-state index contributed by atoms with van der Waals surface area (Å²) in [4.78, 5) is 37.9. The minimum atomic E-state index is -0.945. The van der Waals surface area contributed by atoms with E-state index in [1.807, 2.05) is 18.4 Å². The number of rotatable bonds is 2. The Kier molecular flexibility index (Phi) is 3.29. The van der Waals surface area contributed by atoms with Crippen LogP contribution in [0, 0.1) is 6.92 Å². The molecule has 2 saturated heterocycles. The van der Waals surface area contributed by atoms with Crippen LogP contribution in [-0.2, 0) is 9.59 Å². The topological polar surface area (TPSA) is 78.5 Å². The summed E-state index contributed by atoms with van der Waals surface area (Å²) in [7, 11) is 0. The van der Waals surface area contributed by atoms with Gasteiger partial charge in [0, 0.05) is 17.5 Å². The van der Waals surface area contributed by atoms with Gasteiger partial charge in [0.05, 0.1) is 6.54 Å². The molecule has 1 aromatic rings. The number of nitrogens with one attached hydrogen (secondary N) is 2. The van der Waals surface area contributed by atoms with Crippen molar-refractivity contribution in [2.24, 2.45) is 0 Å². The molecular weight excluding hydrogens is 290 g/mol. The highest BCUT2D eigenvalue weighted by molar-refractivity contribution is 7.11. The van der Waals surface area contributed by atoms with Gasteiger partial charge in [0.1, 0.15) is 5.54 Å². The summed E-state index contributed by atoms with van der Waals surface area (Å²) >= 11 is 1.57. The standard InChI is InChI=1S/C14H15N3O3S/c1-9-4-7-21-10(9)2-3-11(18)17-6-5-14(8-17)12(19)15-13(20)16-14/h2-4,7H,5-6,8H2,1H3,(H2,15,16,19,20)/b3-2+. The molecule has 3 heterocycles. The van der Waals surface area contributed by atoms with Crippen LogP contribution in [0.25, 0.3) is 6.08 Å². The molecule has 6 nitrogen and oxygen atoms in total.